The Labute approximate surface area is 159 Å². The fraction of sp³-hybridized carbons (Fsp3) is 0.150. The topological polar surface area (TPSA) is 123 Å². The van der Waals surface area contributed by atoms with Crippen LogP contribution in [0.4, 0.5) is 15.8 Å². The molecule has 0 spiro atoms. The molecular weight excluding hydrogens is 363 g/mol. The van der Waals surface area contributed by atoms with E-state index >= 15 is 4.39 Å². The number of fused-ring (bicyclic) bond motifs is 1. The van der Waals surface area contributed by atoms with Crippen molar-refractivity contribution in [3.05, 3.63) is 59.6 Å². The molecule has 0 aliphatic carbocycles. The van der Waals surface area contributed by atoms with E-state index in [1.54, 1.807) is 12.1 Å². The van der Waals surface area contributed by atoms with Crippen molar-refractivity contribution >= 4 is 39.9 Å². The second kappa shape index (κ2) is 6.80. The number of carbonyl (C=O) groups is 2. The summed E-state index contributed by atoms with van der Waals surface area (Å²) in [5.74, 6) is -1.20. The molecule has 28 heavy (non-hydrogen) atoms. The molecule has 2 amide bonds. The third kappa shape index (κ3) is 3.09. The van der Waals surface area contributed by atoms with Crippen LogP contribution in [-0.4, -0.2) is 23.6 Å². The van der Waals surface area contributed by atoms with Crippen molar-refractivity contribution in [2.45, 2.75) is 18.9 Å². The average molecular weight is 381 g/mol. The van der Waals surface area contributed by atoms with Crippen LogP contribution in [0.2, 0.25) is 0 Å². The Hall–Kier alpha value is -3.68. The van der Waals surface area contributed by atoms with E-state index in [1.165, 1.54) is 12.1 Å². The van der Waals surface area contributed by atoms with E-state index in [9.17, 15) is 9.59 Å². The number of hydrogen-bond donors (Lipinski definition) is 4. The first-order chi connectivity index (χ1) is 13.4. The highest BCUT2D eigenvalue weighted by atomic mass is 19.1. The third-order valence-electron chi connectivity index (χ3n) is 4.70. The summed E-state index contributed by atoms with van der Waals surface area (Å²) in [6.07, 6.45) is 0.627. The number of furan rings is 1. The summed E-state index contributed by atoms with van der Waals surface area (Å²) < 4.78 is 20.8. The van der Waals surface area contributed by atoms with Crippen LogP contribution in [-0.2, 0) is 9.59 Å². The average Bonchev–Trinajstić information content (AvgIpc) is 3.30. The zero-order chi connectivity index (χ0) is 19.8. The zero-order valence-corrected chi connectivity index (χ0v) is 14.8. The fourth-order valence-electron chi connectivity index (χ4n) is 3.23. The summed E-state index contributed by atoms with van der Waals surface area (Å²) in [5, 5.41) is 12.0. The molecule has 1 aromatic heterocycles. The Balaban J connectivity index is 1.65. The van der Waals surface area contributed by atoms with Gasteiger partial charge in [-0.05, 0) is 30.7 Å². The highest BCUT2D eigenvalue weighted by Gasteiger charge is 2.29. The molecule has 4 rings (SSSR count). The maximum absolute atomic E-state index is 15.1. The number of halogens is 1. The van der Waals surface area contributed by atoms with Crippen LogP contribution in [0.25, 0.3) is 11.0 Å². The highest BCUT2D eigenvalue weighted by molar-refractivity contribution is 6.13. The minimum atomic E-state index is -0.768. The van der Waals surface area contributed by atoms with Gasteiger partial charge in [-0.25, -0.2) is 4.39 Å². The van der Waals surface area contributed by atoms with Gasteiger partial charge in [0, 0.05) is 17.5 Å². The van der Waals surface area contributed by atoms with Gasteiger partial charge in [0.15, 0.2) is 11.6 Å². The molecule has 6 N–H and O–H groups in total. The lowest BCUT2D eigenvalue weighted by molar-refractivity contribution is -0.122. The van der Waals surface area contributed by atoms with E-state index in [4.69, 9.17) is 15.6 Å². The van der Waals surface area contributed by atoms with Gasteiger partial charge in [-0.1, -0.05) is 18.2 Å². The quantitative estimate of drug-likeness (QED) is 0.397. The van der Waals surface area contributed by atoms with Gasteiger partial charge in [0.1, 0.15) is 17.2 Å². The zero-order valence-electron chi connectivity index (χ0n) is 14.8. The predicted molar refractivity (Wildman–Crippen MR) is 102 cm³/mol. The number of nitrogens with two attached hydrogens (primary N) is 2. The molecule has 0 saturated carbocycles. The lowest BCUT2D eigenvalue weighted by Gasteiger charge is -2.13. The summed E-state index contributed by atoms with van der Waals surface area (Å²) in [4.78, 5) is 23.6. The van der Waals surface area contributed by atoms with E-state index in [0.717, 1.165) is 5.39 Å². The van der Waals surface area contributed by atoms with Gasteiger partial charge < -0.3 is 20.8 Å². The summed E-state index contributed by atoms with van der Waals surface area (Å²) in [7, 11) is 0. The molecule has 1 saturated heterocycles. The lowest BCUT2D eigenvalue weighted by atomic mass is 10.0. The number of carbonyl (C=O) groups excluding carboxylic acids is 2. The number of anilines is 2. The van der Waals surface area contributed by atoms with Gasteiger partial charge in [0.05, 0.1) is 5.69 Å². The maximum Gasteiger partial charge on any atom is 0.252 e. The van der Waals surface area contributed by atoms with E-state index in [-0.39, 0.29) is 40.7 Å². The molecule has 1 aliphatic rings. The molecule has 1 aliphatic heterocycles. The van der Waals surface area contributed by atoms with Gasteiger partial charge in [0.2, 0.25) is 11.8 Å². The van der Waals surface area contributed by atoms with Crippen molar-refractivity contribution in [3.63, 3.8) is 0 Å². The normalized spacial score (nSPS) is 16.2. The van der Waals surface area contributed by atoms with Crippen LogP contribution in [0.3, 0.4) is 0 Å². The Morgan fingerprint density at radius 3 is 2.79 bits per heavy atom. The van der Waals surface area contributed by atoms with Crippen molar-refractivity contribution < 1.29 is 23.8 Å². The van der Waals surface area contributed by atoms with Crippen LogP contribution in [0.15, 0.2) is 46.9 Å². The Morgan fingerprint density at radius 1 is 1.29 bits per heavy atom. The second-order valence-electron chi connectivity index (χ2n) is 6.60. The number of rotatable bonds is 4. The molecule has 2 aromatic carbocycles. The molecule has 0 radical (unpaired) electrons. The predicted octanol–water partition coefficient (Wildman–Crippen LogP) is 0.968. The monoisotopic (exact) mass is 381 g/mol. The minimum Gasteiger partial charge on any atom is -0.450 e. The molecule has 7 nitrogen and oxygen atoms in total. The second-order valence-corrected chi connectivity index (χ2v) is 6.60. The number of para-hydroxylation sites is 1. The molecule has 0 unspecified atom stereocenters. The molecule has 3 aromatic rings. The molecule has 142 valence electrons. The SMILES string of the molecule is Nc1ccc(NC(=O)[C@@H]2CCC(=O)N2)c(F)c1C(=[NH2+])c1cc2ccccc2o1. The molecule has 2 heterocycles. The van der Waals surface area contributed by atoms with Gasteiger partial charge in [-0.2, -0.15) is 0 Å². The van der Waals surface area contributed by atoms with Crippen LogP contribution >= 0.6 is 0 Å². The largest absolute Gasteiger partial charge is 0.450 e. The van der Waals surface area contributed by atoms with E-state index < -0.39 is 17.8 Å². The number of benzene rings is 2. The molecule has 0 bridgehead atoms. The highest BCUT2D eigenvalue weighted by Crippen LogP contribution is 2.28. The summed E-state index contributed by atoms with van der Waals surface area (Å²) in [6, 6.07) is 11.1. The first-order valence-corrected chi connectivity index (χ1v) is 8.74. The number of amides is 2. The van der Waals surface area contributed by atoms with Crippen molar-refractivity contribution in [3.8, 4) is 0 Å². The molecule has 8 heteroatoms. The number of nitrogen functional groups attached to an aromatic ring is 1. The van der Waals surface area contributed by atoms with Gasteiger partial charge in [-0.3, -0.25) is 15.0 Å². The van der Waals surface area contributed by atoms with Gasteiger partial charge in [-0.15, -0.1) is 0 Å². The van der Waals surface area contributed by atoms with Gasteiger partial charge in [0.25, 0.3) is 5.71 Å². The van der Waals surface area contributed by atoms with Crippen LogP contribution < -0.4 is 21.8 Å². The Kier molecular flexibility index (Phi) is 4.31. The summed E-state index contributed by atoms with van der Waals surface area (Å²) in [5.41, 5.74) is 6.57. The van der Waals surface area contributed by atoms with Crippen molar-refractivity contribution in [1.29, 1.82) is 0 Å². The minimum absolute atomic E-state index is 0.0245. The van der Waals surface area contributed by atoms with Crippen molar-refractivity contribution in [1.82, 2.24) is 5.32 Å². The van der Waals surface area contributed by atoms with E-state index in [0.29, 0.717) is 12.0 Å². The van der Waals surface area contributed by atoms with Crippen molar-refractivity contribution in [2.75, 3.05) is 11.1 Å². The molecular formula is C20H18FN4O3+. The molecule has 1 fully saturated rings. The van der Waals surface area contributed by atoms with Gasteiger partial charge >= 0.3 is 0 Å². The smallest absolute Gasteiger partial charge is 0.252 e. The third-order valence-corrected chi connectivity index (χ3v) is 4.70. The lowest BCUT2D eigenvalue weighted by Crippen LogP contribution is -2.42. The van der Waals surface area contributed by atoms with Crippen LogP contribution in [0.5, 0.6) is 0 Å². The first-order valence-electron chi connectivity index (χ1n) is 8.74. The standard InChI is InChI=1S/C20H17FN4O3/c21-18-12(25-20(27)13-7-8-16(26)24-13)6-5-11(22)17(18)19(23)15-9-10-3-1-2-4-14(10)28-15/h1-6,9,13,23H,7-8,22H2,(H,24,26)(H,25,27)/p+1/t13-/m0/s1. The first kappa shape index (κ1) is 17.7. The summed E-state index contributed by atoms with van der Waals surface area (Å²) >= 11 is 0. The number of nitrogens with one attached hydrogen (secondary N) is 2. The van der Waals surface area contributed by atoms with E-state index in [2.05, 4.69) is 10.6 Å². The fourth-order valence-corrected chi connectivity index (χ4v) is 3.23. The maximum atomic E-state index is 15.1. The van der Waals surface area contributed by atoms with Crippen LogP contribution in [0.1, 0.15) is 24.2 Å². The van der Waals surface area contributed by atoms with Crippen LogP contribution in [0, 0.1) is 5.82 Å². The molecule has 1 atom stereocenters. The van der Waals surface area contributed by atoms with E-state index in [1.807, 2.05) is 18.2 Å². The Morgan fingerprint density at radius 2 is 2.07 bits per heavy atom. The number of hydrogen-bond acceptors (Lipinski definition) is 4. The Bertz CT molecular complexity index is 1090. The summed E-state index contributed by atoms with van der Waals surface area (Å²) in [6.45, 7) is 0. The van der Waals surface area contributed by atoms with Crippen molar-refractivity contribution in [2.24, 2.45) is 0 Å².